The van der Waals surface area contributed by atoms with Crippen molar-refractivity contribution in [1.29, 1.82) is 0 Å². The molecule has 0 aliphatic heterocycles. The Hall–Kier alpha value is -1.13. The van der Waals surface area contributed by atoms with Crippen molar-refractivity contribution in [3.8, 4) is 11.5 Å². The van der Waals surface area contributed by atoms with Crippen molar-refractivity contribution in [2.75, 3.05) is 13.6 Å². The average molecular weight is 295 g/mol. The molecule has 0 bridgehead atoms. The van der Waals surface area contributed by atoms with Gasteiger partial charge in [-0.1, -0.05) is 15.9 Å². The Morgan fingerprint density at radius 2 is 2.06 bits per heavy atom. The molecule has 0 amide bonds. The molecule has 1 aromatic carbocycles. The first-order valence-electron chi connectivity index (χ1n) is 5.64. The van der Waals surface area contributed by atoms with Crippen molar-refractivity contribution in [1.82, 2.24) is 10.3 Å². The van der Waals surface area contributed by atoms with Gasteiger partial charge in [0.05, 0.1) is 5.69 Å². The van der Waals surface area contributed by atoms with Gasteiger partial charge in [-0.25, -0.2) is 4.98 Å². The maximum Gasteiger partial charge on any atom is 0.226 e. The standard InChI is InChI=1S/C13H15BrN2O/c1-15-8-2-3-12-9-17-13(16-12)10-4-6-11(14)7-5-10/h4-7,9,15H,2-3,8H2,1H3. The summed E-state index contributed by atoms with van der Waals surface area (Å²) in [5, 5.41) is 3.12. The minimum atomic E-state index is 0.692. The molecular weight excluding hydrogens is 280 g/mol. The van der Waals surface area contributed by atoms with Crippen molar-refractivity contribution in [2.45, 2.75) is 12.8 Å². The van der Waals surface area contributed by atoms with Crippen molar-refractivity contribution < 1.29 is 4.42 Å². The number of hydrogen-bond donors (Lipinski definition) is 1. The Morgan fingerprint density at radius 3 is 2.76 bits per heavy atom. The third-order valence-corrected chi connectivity index (χ3v) is 3.03. The van der Waals surface area contributed by atoms with Crippen LogP contribution < -0.4 is 5.32 Å². The van der Waals surface area contributed by atoms with Gasteiger partial charge in [0.25, 0.3) is 0 Å². The Labute approximate surface area is 109 Å². The Bertz CT molecular complexity index is 465. The number of aryl methyl sites for hydroxylation is 1. The van der Waals surface area contributed by atoms with E-state index in [1.807, 2.05) is 31.3 Å². The highest BCUT2D eigenvalue weighted by Crippen LogP contribution is 2.21. The van der Waals surface area contributed by atoms with Gasteiger partial charge in [0.15, 0.2) is 0 Å². The number of hydrogen-bond acceptors (Lipinski definition) is 3. The zero-order valence-electron chi connectivity index (χ0n) is 9.74. The van der Waals surface area contributed by atoms with Gasteiger partial charge in [0.1, 0.15) is 6.26 Å². The number of aromatic nitrogens is 1. The molecule has 0 aliphatic carbocycles. The highest BCUT2D eigenvalue weighted by molar-refractivity contribution is 9.10. The van der Waals surface area contributed by atoms with E-state index in [4.69, 9.17) is 4.42 Å². The van der Waals surface area contributed by atoms with Gasteiger partial charge < -0.3 is 9.73 Å². The maximum atomic E-state index is 5.47. The second-order valence-corrected chi connectivity index (χ2v) is 4.77. The van der Waals surface area contributed by atoms with Gasteiger partial charge in [-0.15, -0.1) is 0 Å². The molecule has 0 atom stereocenters. The van der Waals surface area contributed by atoms with E-state index >= 15 is 0 Å². The van der Waals surface area contributed by atoms with Crippen LogP contribution in [0.25, 0.3) is 11.5 Å². The van der Waals surface area contributed by atoms with Crippen molar-refractivity contribution in [3.63, 3.8) is 0 Å². The molecule has 4 heteroatoms. The van der Waals surface area contributed by atoms with E-state index in [-0.39, 0.29) is 0 Å². The van der Waals surface area contributed by atoms with Crippen LogP contribution in [0.1, 0.15) is 12.1 Å². The van der Waals surface area contributed by atoms with Crippen molar-refractivity contribution in [2.24, 2.45) is 0 Å². The highest BCUT2D eigenvalue weighted by Gasteiger charge is 2.06. The Balaban J connectivity index is 2.04. The summed E-state index contributed by atoms with van der Waals surface area (Å²) in [7, 11) is 1.95. The van der Waals surface area contributed by atoms with E-state index in [0.717, 1.165) is 35.1 Å². The predicted molar refractivity (Wildman–Crippen MR) is 71.9 cm³/mol. The van der Waals surface area contributed by atoms with E-state index in [9.17, 15) is 0 Å². The van der Waals surface area contributed by atoms with Crippen LogP contribution in [0.5, 0.6) is 0 Å². The molecule has 17 heavy (non-hydrogen) atoms. The molecule has 0 unspecified atom stereocenters. The van der Waals surface area contributed by atoms with Crippen LogP contribution in [0.2, 0.25) is 0 Å². The van der Waals surface area contributed by atoms with E-state index in [1.165, 1.54) is 0 Å². The number of halogens is 1. The number of nitrogens with zero attached hydrogens (tertiary/aromatic N) is 1. The summed E-state index contributed by atoms with van der Waals surface area (Å²) in [5.41, 5.74) is 2.02. The van der Waals surface area contributed by atoms with E-state index in [1.54, 1.807) is 6.26 Å². The molecule has 1 N–H and O–H groups in total. The second-order valence-electron chi connectivity index (χ2n) is 3.86. The fraction of sp³-hybridized carbons (Fsp3) is 0.308. The molecule has 0 saturated carbocycles. The van der Waals surface area contributed by atoms with Crippen LogP contribution in [0.4, 0.5) is 0 Å². The van der Waals surface area contributed by atoms with E-state index in [2.05, 4.69) is 26.2 Å². The lowest BCUT2D eigenvalue weighted by Gasteiger charge is -1.96. The lowest BCUT2D eigenvalue weighted by molar-refractivity contribution is 0.571. The Kier molecular flexibility index (Phi) is 4.34. The van der Waals surface area contributed by atoms with Crippen molar-refractivity contribution >= 4 is 15.9 Å². The molecule has 2 rings (SSSR count). The van der Waals surface area contributed by atoms with Crippen molar-refractivity contribution in [3.05, 3.63) is 40.7 Å². The van der Waals surface area contributed by atoms with Crippen LogP contribution in [-0.4, -0.2) is 18.6 Å². The largest absolute Gasteiger partial charge is 0.444 e. The summed E-state index contributed by atoms with van der Waals surface area (Å²) in [6.45, 7) is 1.00. The third kappa shape index (κ3) is 3.41. The zero-order chi connectivity index (χ0) is 12.1. The lowest BCUT2D eigenvalue weighted by atomic mass is 10.2. The summed E-state index contributed by atoms with van der Waals surface area (Å²) < 4.78 is 6.53. The van der Waals surface area contributed by atoms with Gasteiger partial charge in [-0.3, -0.25) is 0 Å². The Morgan fingerprint density at radius 1 is 1.29 bits per heavy atom. The summed E-state index contributed by atoms with van der Waals surface area (Å²) in [4.78, 5) is 4.47. The van der Waals surface area contributed by atoms with E-state index < -0.39 is 0 Å². The monoisotopic (exact) mass is 294 g/mol. The van der Waals surface area contributed by atoms with Gasteiger partial charge in [0.2, 0.25) is 5.89 Å². The molecule has 2 aromatic rings. The van der Waals surface area contributed by atoms with Gasteiger partial charge in [0, 0.05) is 10.0 Å². The summed E-state index contributed by atoms with van der Waals surface area (Å²) in [5.74, 6) is 0.692. The third-order valence-electron chi connectivity index (χ3n) is 2.50. The number of rotatable bonds is 5. The fourth-order valence-electron chi connectivity index (χ4n) is 1.59. The molecule has 1 aromatic heterocycles. The fourth-order valence-corrected chi connectivity index (χ4v) is 1.86. The highest BCUT2D eigenvalue weighted by atomic mass is 79.9. The first-order chi connectivity index (χ1) is 8.29. The molecule has 0 fully saturated rings. The lowest BCUT2D eigenvalue weighted by Crippen LogP contribution is -2.08. The molecular formula is C13H15BrN2O. The molecule has 90 valence electrons. The predicted octanol–water partition coefficient (Wildman–Crippen LogP) is 3.26. The summed E-state index contributed by atoms with van der Waals surface area (Å²) in [6.07, 6.45) is 3.76. The van der Waals surface area contributed by atoms with E-state index in [0.29, 0.717) is 5.89 Å². The second kappa shape index (κ2) is 5.98. The van der Waals surface area contributed by atoms with Crippen LogP contribution in [0, 0.1) is 0 Å². The molecule has 1 heterocycles. The molecule has 0 radical (unpaired) electrons. The minimum Gasteiger partial charge on any atom is -0.444 e. The first kappa shape index (κ1) is 12.3. The summed E-state index contributed by atoms with van der Waals surface area (Å²) >= 11 is 3.41. The minimum absolute atomic E-state index is 0.692. The smallest absolute Gasteiger partial charge is 0.226 e. The maximum absolute atomic E-state index is 5.47. The topological polar surface area (TPSA) is 38.1 Å². The number of benzene rings is 1. The average Bonchev–Trinajstić information content (AvgIpc) is 2.79. The van der Waals surface area contributed by atoms with Crippen LogP contribution in [0.15, 0.2) is 39.4 Å². The quantitative estimate of drug-likeness (QED) is 0.860. The molecule has 0 aliphatic rings. The SMILES string of the molecule is CNCCCc1coc(-c2ccc(Br)cc2)n1. The molecule has 0 spiro atoms. The molecule has 3 nitrogen and oxygen atoms in total. The zero-order valence-corrected chi connectivity index (χ0v) is 11.3. The molecule has 0 saturated heterocycles. The van der Waals surface area contributed by atoms with Crippen LogP contribution >= 0.6 is 15.9 Å². The first-order valence-corrected chi connectivity index (χ1v) is 6.44. The van der Waals surface area contributed by atoms with Gasteiger partial charge in [-0.2, -0.15) is 0 Å². The van der Waals surface area contributed by atoms with Crippen LogP contribution in [0.3, 0.4) is 0 Å². The van der Waals surface area contributed by atoms with Gasteiger partial charge >= 0.3 is 0 Å². The number of oxazole rings is 1. The van der Waals surface area contributed by atoms with Gasteiger partial charge in [-0.05, 0) is 50.7 Å². The normalized spacial score (nSPS) is 10.7. The summed E-state index contributed by atoms with van der Waals surface area (Å²) in [6, 6.07) is 7.96. The van der Waals surface area contributed by atoms with Crippen LogP contribution in [-0.2, 0) is 6.42 Å². The number of nitrogens with one attached hydrogen (secondary N) is 1.